The number of ether oxygens (including phenoxy) is 2. The molecule has 0 bridgehead atoms. The number of fused-ring (bicyclic) bond motifs is 1. The molecule has 0 atom stereocenters. The van der Waals surface area contributed by atoms with Gasteiger partial charge in [-0.2, -0.15) is 5.26 Å². The molecule has 4 rings (SSSR count). The van der Waals surface area contributed by atoms with Crippen LogP contribution in [0.15, 0.2) is 29.6 Å². The number of hydrogen-bond acceptors (Lipinski definition) is 7. The maximum Gasteiger partial charge on any atom is 0.190 e. The van der Waals surface area contributed by atoms with Gasteiger partial charge in [0.15, 0.2) is 5.16 Å². The van der Waals surface area contributed by atoms with Crippen LogP contribution in [0.3, 0.4) is 0 Å². The van der Waals surface area contributed by atoms with Crippen LogP contribution in [-0.4, -0.2) is 72.7 Å². The van der Waals surface area contributed by atoms with Gasteiger partial charge in [0.25, 0.3) is 0 Å². The average molecular weight is 528 g/mol. The molecule has 1 aromatic carbocycles. The number of thioether (sulfide) groups is 1. The molecule has 1 aliphatic rings. The Morgan fingerprint density at radius 3 is 2.69 bits per heavy atom. The van der Waals surface area contributed by atoms with Crippen molar-refractivity contribution in [2.45, 2.75) is 44.5 Å². The fourth-order valence-electron chi connectivity index (χ4n) is 4.13. The van der Waals surface area contributed by atoms with Gasteiger partial charge in [0.05, 0.1) is 29.9 Å². The van der Waals surface area contributed by atoms with Crippen molar-refractivity contribution in [2.75, 3.05) is 45.2 Å². The Morgan fingerprint density at radius 2 is 2.00 bits per heavy atom. The first-order chi connectivity index (χ1) is 17.2. The summed E-state index contributed by atoms with van der Waals surface area (Å²) in [4.78, 5) is 12.1. The minimum Gasteiger partial charge on any atom is -0.379 e. The zero-order valence-electron chi connectivity index (χ0n) is 21.5. The molecular weight excluding hydrogens is 493 g/mol. The van der Waals surface area contributed by atoms with Crippen LogP contribution in [0.25, 0.3) is 22.3 Å². The molecule has 7 nitrogen and oxygen atoms in total. The molecule has 192 valence electrons. The van der Waals surface area contributed by atoms with Gasteiger partial charge in [0.2, 0.25) is 0 Å². The van der Waals surface area contributed by atoms with Gasteiger partial charge in [-0.1, -0.05) is 31.4 Å². The quantitative estimate of drug-likeness (QED) is 0.156. The molecule has 0 aliphatic carbocycles. The highest BCUT2D eigenvalue weighted by molar-refractivity contribution is 7.99. The van der Waals surface area contributed by atoms with Crippen LogP contribution < -0.4 is 0 Å². The Morgan fingerprint density at radius 1 is 1.22 bits per heavy atom. The molecule has 0 amide bonds. The Balaban J connectivity index is 1.68. The number of benzene rings is 1. The number of morpholine rings is 1. The van der Waals surface area contributed by atoms with Crippen LogP contribution in [-0.2, 0) is 16.2 Å². The van der Waals surface area contributed by atoms with E-state index in [2.05, 4.69) is 30.6 Å². The van der Waals surface area contributed by atoms with Gasteiger partial charge in [-0.3, -0.25) is 4.90 Å². The number of rotatable bonds is 10. The highest BCUT2D eigenvalue weighted by Gasteiger charge is 2.21. The summed E-state index contributed by atoms with van der Waals surface area (Å²) in [7, 11) is -1.21. The molecule has 36 heavy (non-hydrogen) atoms. The van der Waals surface area contributed by atoms with E-state index in [1.54, 1.807) is 24.0 Å². The van der Waals surface area contributed by atoms with Crippen molar-refractivity contribution in [3.8, 4) is 17.3 Å². The standard InChI is InChI=1S/C26H34FN5O2SSi/c1-19-15-21(27)5-6-22(19)24-23-20(16-28)17-32(18-34-12-14-36(2,3)4)25(23)30-26(29-24)35-13-9-31-7-10-33-11-8-31/h5-6,15,17H,7-14,18H2,1-4H3. The number of halogens is 1. The molecule has 1 aliphatic heterocycles. The second-order valence-corrected chi connectivity index (χ2v) is 17.0. The minimum atomic E-state index is -1.21. The van der Waals surface area contributed by atoms with Crippen LogP contribution in [0.1, 0.15) is 11.1 Å². The fourth-order valence-corrected chi connectivity index (χ4v) is 5.73. The molecule has 3 aromatic rings. The molecule has 3 heterocycles. The Bertz CT molecular complexity index is 1250. The van der Waals surface area contributed by atoms with Crippen molar-refractivity contribution in [2.24, 2.45) is 0 Å². The Kier molecular flexibility index (Phi) is 8.80. The third-order valence-corrected chi connectivity index (χ3v) is 8.76. The monoisotopic (exact) mass is 527 g/mol. The Hall–Kier alpha value is -2.29. The van der Waals surface area contributed by atoms with E-state index in [-0.39, 0.29) is 5.82 Å². The van der Waals surface area contributed by atoms with Crippen molar-refractivity contribution >= 4 is 30.9 Å². The Labute approximate surface area is 217 Å². The van der Waals surface area contributed by atoms with E-state index in [0.717, 1.165) is 55.8 Å². The third kappa shape index (κ3) is 6.72. The minimum absolute atomic E-state index is 0.296. The predicted octanol–water partition coefficient (Wildman–Crippen LogP) is 5.15. The summed E-state index contributed by atoms with van der Waals surface area (Å²) in [5, 5.41) is 11.3. The fraction of sp³-hybridized carbons (Fsp3) is 0.500. The first kappa shape index (κ1) is 26.8. The van der Waals surface area contributed by atoms with E-state index in [0.29, 0.717) is 40.8 Å². The number of aryl methyl sites for hydroxylation is 1. The average Bonchev–Trinajstić information content (AvgIpc) is 3.19. The van der Waals surface area contributed by atoms with Crippen molar-refractivity contribution in [3.63, 3.8) is 0 Å². The van der Waals surface area contributed by atoms with Gasteiger partial charge in [-0.25, -0.2) is 14.4 Å². The van der Waals surface area contributed by atoms with Crippen molar-refractivity contribution in [3.05, 3.63) is 41.3 Å². The highest BCUT2D eigenvalue weighted by Crippen LogP contribution is 2.34. The van der Waals surface area contributed by atoms with Crippen molar-refractivity contribution in [1.29, 1.82) is 5.26 Å². The SMILES string of the molecule is Cc1cc(F)ccc1-c1nc(SCCN2CCOCC2)nc2c1c(C#N)cn2COCC[Si](C)(C)C. The van der Waals surface area contributed by atoms with Crippen LogP contribution in [0.5, 0.6) is 0 Å². The molecule has 10 heteroatoms. The van der Waals surface area contributed by atoms with Crippen LogP contribution in [0, 0.1) is 24.1 Å². The molecule has 1 saturated heterocycles. The lowest BCUT2D eigenvalue weighted by Crippen LogP contribution is -2.37. The smallest absolute Gasteiger partial charge is 0.190 e. The number of hydrogen-bond donors (Lipinski definition) is 0. The zero-order valence-corrected chi connectivity index (χ0v) is 23.3. The lowest BCUT2D eigenvalue weighted by molar-refractivity contribution is 0.0410. The summed E-state index contributed by atoms with van der Waals surface area (Å²) in [6.45, 7) is 14.1. The number of aromatic nitrogens is 3. The van der Waals surface area contributed by atoms with E-state index in [1.807, 2.05) is 11.5 Å². The molecule has 0 unspecified atom stereocenters. The second kappa shape index (κ2) is 11.8. The van der Waals surface area contributed by atoms with Crippen LogP contribution >= 0.6 is 11.8 Å². The van der Waals surface area contributed by atoms with E-state index in [4.69, 9.17) is 19.4 Å². The molecule has 2 aromatic heterocycles. The van der Waals surface area contributed by atoms with E-state index in [1.165, 1.54) is 12.1 Å². The summed E-state index contributed by atoms with van der Waals surface area (Å²) < 4.78 is 27.2. The molecule has 0 N–H and O–H groups in total. The lowest BCUT2D eigenvalue weighted by Gasteiger charge is -2.26. The van der Waals surface area contributed by atoms with Gasteiger partial charge in [0, 0.05) is 51.8 Å². The van der Waals surface area contributed by atoms with E-state index < -0.39 is 8.07 Å². The normalized spacial score (nSPS) is 14.9. The van der Waals surface area contributed by atoms with Crippen molar-refractivity contribution in [1.82, 2.24) is 19.4 Å². The van der Waals surface area contributed by atoms with E-state index >= 15 is 0 Å². The number of nitrogens with zero attached hydrogens (tertiary/aromatic N) is 5. The first-order valence-electron chi connectivity index (χ1n) is 12.3. The summed E-state index contributed by atoms with van der Waals surface area (Å²) in [6, 6.07) is 8.03. The highest BCUT2D eigenvalue weighted by atomic mass is 32.2. The lowest BCUT2D eigenvalue weighted by atomic mass is 10.0. The van der Waals surface area contributed by atoms with Gasteiger partial charge in [0.1, 0.15) is 24.3 Å². The molecular formula is C26H34FN5O2SSi. The van der Waals surface area contributed by atoms with E-state index in [9.17, 15) is 9.65 Å². The van der Waals surface area contributed by atoms with Crippen molar-refractivity contribution < 1.29 is 13.9 Å². The summed E-state index contributed by atoms with van der Waals surface area (Å²) in [5.74, 6) is 0.543. The van der Waals surface area contributed by atoms with Crippen LogP contribution in [0.4, 0.5) is 4.39 Å². The van der Waals surface area contributed by atoms with Gasteiger partial charge < -0.3 is 14.0 Å². The van der Waals surface area contributed by atoms with Gasteiger partial charge >= 0.3 is 0 Å². The summed E-state index contributed by atoms with van der Waals surface area (Å²) in [5.41, 5.74) is 3.38. The topological polar surface area (TPSA) is 76.2 Å². The van der Waals surface area contributed by atoms with Crippen LogP contribution in [0.2, 0.25) is 25.7 Å². The molecule has 0 saturated carbocycles. The second-order valence-electron chi connectivity index (χ2n) is 10.3. The maximum atomic E-state index is 13.9. The number of nitriles is 1. The molecule has 1 fully saturated rings. The predicted molar refractivity (Wildman–Crippen MR) is 144 cm³/mol. The van der Waals surface area contributed by atoms with Gasteiger partial charge in [-0.15, -0.1) is 0 Å². The summed E-state index contributed by atoms with van der Waals surface area (Å²) in [6.07, 6.45) is 1.79. The maximum absolute atomic E-state index is 13.9. The molecule has 0 spiro atoms. The summed E-state index contributed by atoms with van der Waals surface area (Å²) >= 11 is 1.59. The third-order valence-electron chi connectivity index (χ3n) is 6.23. The largest absolute Gasteiger partial charge is 0.379 e. The first-order valence-corrected chi connectivity index (χ1v) is 17.0. The zero-order chi connectivity index (χ0) is 25.7. The van der Waals surface area contributed by atoms with Gasteiger partial charge in [-0.05, 0) is 36.7 Å². The molecule has 0 radical (unpaired) electrons.